The third-order valence-corrected chi connectivity index (χ3v) is 2.39. The number of urea groups is 1. The Morgan fingerprint density at radius 2 is 1.84 bits per heavy atom. The highest BCUT2D eigenvalue weighted by Crippen LogP contribution is 2.10. The van der Waals surface area contributed by atoms with Gasteiger partial charge in [0.25, 0.3) is 5.91 Å². The minimum absolute atomic E-state index is 0.0731. The Balaban J connectivity index is 2.52. The third kappa shape index (κ3) is 4.97. The maximum absolute atomic E-state index is 11.7. The van der Waals surface area contributed by atoms with Crippen LogP contribution < -0.4 is 10.6 Å². The maximum atomic E-state index is 11.7. The topological polar surface area (TPSA) is 70.7 Å². The lowest BCUT2D eigenvalue weighted by molar-refractivity contribution is 0.0827. The van der Waals surface area contributed by atoms with E-state index in [0.717, 1.165) is 0 Å². The molecule has 0 fully saturated rings. The molecule has 19 heavy (non-hydrogen) atoms. The lowest BCUT2D eigenvalue weighted by Crippen LogP contribution is -2.31. The molecule has 0 saturated heterocycles. The Hall–Kier alpha value is -2.08. The summed E-state index contributed by atoms with van der Waals surface area (Å²) in [5.41, 5.74) is 1.21. The fraction of sp³-hybridized carbons (Fsp3) is 0.385. The third-order valence-electron chi connectivity index (χ3n) is 2.39. The summed E-state index contributed by atoms with van der Waals surface area (Å²) in [6.45, 7) is 0.906. The van der Waals surface area contributed by atoms with Crippen LogP contribution in [0.1, 0.15) is 10.4 Å². The first-order valence-corrected chi connectivity index (χ1v) is 5.90. The molecule has 0 aliphatic rings. The number of anilines is 1. The summed E-state index contributed by atoms with van der Waals surface area (Å²) in [6, 6.07) is 6.42. The van der Waals surface area contributed by atoms with Crippen LogP contribution in [0.4, 0.5) is 10.5 Å². The molecule has 104 valence electrons. The van der Waals surface area contributed by atoms with Gasteiger partial charge in [0.1, 0.15) is 0 Å². The molecular formula is C13H19N3O3. The molecule has 1 aromatic carbocycles. The van der Waals surface area contributed by atoms with Gasteiger partial charge in [0.15, 0.2) is 0 Å². The molecule has 6 nitrogen and oxygen atoms in total. The van der Waals surface area contributed by atoms with Gasteiger partial charge in [-0.1, -0.05) is 0 Å². The minimum Gasteiger partial charge on any atom is -0.383 e. The molecule has 0 aliphatic heterocycles. The standard InChI is InChI=1S/C13H19N3O3/c1-16(2)12(17)10-4-6-11(7-5-10)15-13(18)14-8-9-19-3/h4-7H,8-9H2,1-3H3,(H2,14,15,18). The summed E-state index contributed by atoms with van der Waals surface area (Å²) in [6.07, 6.45) is 0. The second kappa shape index (κ2) is 7.38. The van der Waals surface area contributed by atoms with Crippen LogP contribution in [0, 0.1) is 0 Å². The normalized spacial score (nSPS) is 9.84. The number of nitrogens with zero attached hydrogens (tertiary/aromatic N) is 1. The van der Waals surface area contributed by atoms with Crippen LogP contribution in [-0.2, 0) is 4.74 Å². The van der Waals surface area contributed by atoms with E-state index in [9.17, 15) is 9.59 Å². The van der Waals surface area contributed by atoms with E-state index in [1.165, 1.54) is 4.90 Å². The molecule has 0 radical (unpaired) electrons. The fourth-order valence-corrected chi connectivity index (χ4v) is 1.40. The largest absolute Gasteiger partial charge is 0.383 e. The number of hydrogen-bond acceptors (Lipinski definition) is 3. The highest BCUT2D eigenvalue weighted by Gasteiger charge is 2.07. The first-order valence-electron chi connectivity index (χ1n) is 5.90. The molecule has 0 saturated carbocycles. The van der Waals surface area contributed by atoms with Gasteiger partial charge in [-0.15, -0.1) is 0 Å². The monoisotopic (exact) mass is 265 g/mol. The molecule has 6 heteroatoms. The number of benzene rings is 1. The van der Waals surface area contributed by atoms with Crippen molar-refractivity contribution >= 4 is 17.6 Å². The summed E-state index contributed by atoms with van der Waals surface area (Å²) in [7, 11) is 4.95. The zero-order chi connectivity index (χ0) is 14.3. The average Bonchev–Trinajstić information content (AvgIpc) is 2.39. The van der Waals surface area contributed by atoms with Gasteiger partial charge in [0, 0.05) is 39.0 Å². The Bertz CT molecular complexity index is 429. The van der Waals surface area contributed by atoms with Crippen LogP contribution in [0.5, 0.6) is 0 Å². The quantitative estimate of drug-likeness (QED) is 0.785. The highest BCUT2D eigenvalue weighted by molar-refractivity contribution is 5.95. The molecule has 0 aromatic heterocycles. The number of nitrogens with one attached hydrogen (secondary N) is 2. The fourth-order valence-electron chi connectivity index (χ4n) is 1.40. The van der Waals surface area contributed by atoms with Crippen molar-refractivity contribution in [3.8, 4) is 0 Å². The van der Waals surface area contributed by atoms with Crippen molar-refractivity contribution in [2.75, 3.05) is 39.7 Å². The summed E-state index contributed by atoms with van der Waals surface area (Å²) in [5, 5.41) is 5.30. The van der Waals surface area contributed by atoms with Gasteiger partial charge in [-0.3, -0.25) is 4.79 Å². The molecule has 0 atom stereocenters. The van der Waals surface area contributed by atoms with Gasteiger partial charge in [-0.05, 0) is 24.3 Å². The zero-order valence-electron chi connectivity index (χ0n) is 11.4. The van der Waals surface area contributed by atoms with Gasteiger partial charge in [0.05, 0.1) is 6.61 Å². The number of rotatable bonds is 5. The van der Waals surface area contributed by atoms with E-state index in [4.69, 9.17) is 4.74 Å². The lowest BCUT2D eigenvalue weighted by atomic mass is 10.2. The molecule has 1 rings (SSSR count). The van der Waals surface area contributed by atoms with E-state index in [2.05, 4.69) is 10.6 Å². The number of carbonyl (C=O) groups excluding carboxylic acids is 2. The van der Waals surface area contributed by atoms with Crippen molar-refractivity contribution in [1.82, 2.24) is 10.2 Å². The van der Waals surface area contributed by atoms with Crippen LogP contribution in [-0.4, -0.2) is 51.2 Å². The molecule has 1 aromatic rings. The molecule has 0 spiro atoms. The number of carbonyl (C=O) groups is 2. The molecule has 0 unspecified atom stereocenters. The summed E-state index contributed by atoms with van der Waals surface area (Å²) in [4.78, 5) is 24.6. The van der Waals surface area contributed by atoms with Crippen LogP contribution in [0.2, 0.25) is 0 Å². The SMILES string of the molecule is COCCNC(=O)Nc1ccc(C(=O)N(C)C)cc1. The maximum Gasteiger partial charge on any atom is 0.319 e. The predicted octanol–water partition coefficient (Wildman–Crippen LogP) is 1.16. The van der Waals surface area contributed by atoms with Gasteiger partial charge >= 0.3 is 6.03 Å². The van der Waals surface area contributed by atoms with Crippen molar-refractivity contribution in [2.45, 2.75) is 0 Å². The first-order chi connectivity index (χ1) is 9.04. The second-order valence-corrected chi connectivity index (χ2v) is 4.15. The van der Waals surface area contributed by atoms with Crippen LogP contribution in [0.25, 0.3) is 0 Å². The Morgan fingerprint density at radius 3 is 2.37 bits per heavy atom. The zero-order valence-corrected chi connectivity index (χ0v) is 11.4. The molecule has 3 amide bonds. The smallest absolute Gasteiger partial charge is 0.319 e. The Morgan fingerprint density at radius 1 is 1.21 bits per heavy atom. The van der Waals surface area contributed by atoms with Gasteiger partial charge in [-0.25, -0.2) is 4.79 Å². The van der Waals surface area contributed by atoms with E-state index < -0.39 is 0 Å². The summed E-state index contributed by atoms with van der Waals surface area (Å²) >= 11 is 0. The summed E-state index contributed by atoms with van der Waals surface area (Å²) in [5.74, 6) is -0.0731. The van der Waals surface area contributed by atoms with Crippen LogP contribution in [0.3, 0.4) is 0 Å². The molecule has 0 heterocycles. The van der Waals surface area contributed by atoms with Crippen molar-refractivity contribution < 1.29 is 14.3 Å². The van der Waals surface area contributed by atoms with E-state index in [1.807, 2.05) is 0 Å². The van der Waals surface area contributed by atoms with E-state index in [-0.39, 0.29) is 11.9 Å². The summed E-state index contributed by atoms with van der Waals surface area (Å²) < 4.78 is 4.82. The van der Waals surface area contributed by atoms with Gasteiger partial charge in [-0.2, -0.15) is 0 Å². The number of amides is 3. The number of ether oxygens (including phenoxy) is 1. The predicted molar refractivity (Wildman–Crippen MR) is 73.4 cm³/mol. The second-order valence-electron chi connectivity index (χ2n) is 4.15. The van der Waals surface area contributed by atoms with Crippen molar-refractivity contribution in [3.05, 3.63) is 29.8 Å². The molecule has 0 aliphatic carbocycles. The van der Waals surface area contributed by atoms with Crippen LogP contribution >= 0.6 is 0 Å². The van der Waals surface area contributed by atoms with E-state index in [0.29, 0.717) is 24.4 Å². The van der Waals surface area contributed by atoms with Crippen LogP contribution in [0.15, 0.2) is 24.3 Å². The van der Waals surface area contributed by atoms with Crippen molar-refractivity contribution in [3.63, 3.8) is 0 Å². The minimum atomic E-state index is -0.302. The van der Waals surface area contributed by atoms with Gasteiger partial charge in [0.2, 0.25) is 0 Å². The van der Waals surface area contributed by atoms with E-state index in [1.54, 1.807) is 45.5 Å². The average molecular weight is 265 g/mol. The number of methoxy groups -OCH3 is 1. The lowest BCUT2D eigenvalue weighted by Gasteiger charge is -2.11. The first kappa shape index (κ1) is 15.0. The van der Waals surface area contributed by atoms with Crippen molar-refractivity contribution in [1.29, 1.82) is 0 Å². The molecule has 0 bridgehead atoms. The van der Waals surface area contributed by atoms with Gasteiger partial charge < -0.3 is 20.3 Å². The Labute approximate surface area is 112 Å². The number of hydrogen-bond donors (Lipinski definition) is 2. The van der Waals surface area contributed by atoms with Crippen molar-refractivity contribution in [2.24, 2.45) is 0 Å². The van der Waals surface area contributed by atoms with E-state index >= 15 is 0 Å². The Kier molecular flexibility index (Phi) is 5.81. The highest BCUT2D eigenvalue weighted by atomic mass is 16.5. The molecular weight excluding hydrogens is 246 g/mol. The molecule has 2 N–H and O–H groups in total.